The third-order valence-corrected chi connectivity index (χ3v) is 4.00. The molecule has 0 radical (unpaired) electrons. The zero-order chi connectivity index (χ0) is 17.8. The van der Waals surface area contributed by atoms with E-state index in [0.29, 0.717) is 42.4 Å². The SMILES string of the molecule is CCC[C@@H](O)c1cc2c(cc1NC(=O)c1ccccc1F)OCCO2. The molecule has 5 nitrogen and oxygen atoms in total. The standard InChI is InChI=1S/C19H20FNO4/c1-2-5-16(22)13-10-17-18(25-9-8-24-17)11-15(13)21-19(23)12-6-3-4-7-14(12)20/h3-4,6-7,10-11,16,22H,2,5,8-9H2,1H3,(H,21,23)/t16-/m1/s1. The van der Waals surface area contributed by atoms with Crippen LogP contribution in [-0.4, -0.2) is 24.2 Å². The van der Waals surface area contributed by atoms with Gasteiger partial charge in [-0.1, -0.05) is 25.5 Å². The Morgan fingerprint density at radius 2 is 1.92 bits per heavy atom. The first-order chi connectivity index (χ1) is 12.1. The first-order valence-corrected chi connectivity index (χ1v) is 8.27. The second-order valence-electron chi connectivity index (χ2n) is 5.82. The summed E-state index contributed by atoms with van der Waals surface area (Å²) in [5.41, 5.74) is 0.850. The van der Waals surface area contributed by atoms with Gasteiger partial charge in [-0.05, 0) is 24.6 Å². The Morgan fingerprint density at radius 1 is 1.24 bits per heavy atom. The fourth-order valence-electron chi connectivity index (χ4n) is 2.75. The largest absolute Gasteiger partial charge is 0.486 e. The van der Waals surface area contributed by atoms with Crippen LogP contribution in [0.1, 0.15) is 41.8 Å². The van der Waals surface area contributed by atoms with Gasteiger partial charge < -0.3 is 19.9 Å². The zero-order valence-corrected chi connectivity index (χ0v) is 13.9. The molecule has 0 saturated carbocycles. The van der Waals surface area contributed by atoms with Crippen molar-refractivity contribution in [2.45, 2.75) is 25.9 Å². The van der Waals surface area contributed by atoms with Crippen molar-refractivity contribution in [2.24, 2.45) is 0 Å². The number of rotatable bonds is 5. The Labute approximate surface area is 145 Å². The van der Waals surface area contributed by atoms with Gasteiger partial charge in [-0.15, -0.1) is 0 Å². The van der Waals surface area contributed by atoms with Crippen molar-refractivity contribution in [1.82, 2.24) is 0 Å². The molecule has 1 aliphatic rings. The smallest absolute Gasteiger partial charge is 0.258 e. The van der Waals surface area contributed by atoms with Gasteiger partial charge in [0.25, 0.3) is 5.91 Å². The van der Waals surface area contributed by atoms with Crippen LogP contribution in [-0.2, 0) is 0 Å². The van der Waals surface area contributed by atoms with Gasteiger partial charge in [0.2, 0.25) is 0 Å². The van der Waals surface area contributed by atoms with E-state index in [4.69, 9.17) is 9.47 Å². The molecule has 1 heterocycles. The lowest BCUT2D eigenvalue weighted by molar-refractivity contribution is 0.102. The minimum Gasteiger partial charge on any atom is -0.486 e. The Balaban J connectivity index is 1.95. The number of aliphatic hydroxyl groups is 1. The van der Waals surface area contributed by atoms with Crippen LogP contribution in [0.2, 0.25) is 0 Å². The lowest BCUT2D eigenvalue weighted by Crippen LogP contribution is -2.19. The number of carbonyl (C=O) groups is 1. The van der Waals surface area contributed by atoms with Gasteiger partial charge in [0.15, 0.2) is 11.5 Å². The van der Waals surface area contributed by atoms with Gasteiger partial charge in [-0.25, -0.2) is 4.39 Å². The van der Waals surface area contributed by atoms with Crippen LogP contribution in [0.4, 0.5) is 10.1 Å². The number of carbonyl (C=O) groups excluding carboxylic acids is 1. The Kier molecular flexibility index (Phi) is 5.19. The predicted octanol–water partition coefficient (Wildman–Crippen LogP) is 3.68. The summed E-state index contributed by atoms with van der Waals surface area (Å²) in [5, 5.41) is 13.1. The number of benzene rings is 2. The summed E-state index contributed by atoms with van der Waals surface area (Å²) in [6.45, 7) is 2.79. The maximum absolute atomic E-state index is 13.8. The molecule has 0 bridgehead atoms. The summed E-state index contributed by atoms with van der Waals surface area (Å²) in [6.07, 6.45) is 0.537. The maximum Gasteiger partial charge on any atom is 0.258 e. The highest BCUT2D eigenvalue weighted by Gasteiger charge is 2.22. The monoisotopic (exact) mass is 345 g/mol. The molecular formula is C19H20FNO4. The van der Waals surface area contributed by atoms with E-state index in [-0.39, 0.29) is 5.56 Å². The van der Waals surface area contributed by atoms with Gasteiger partial charge in [0.05, 0.1) is 17.4 Å². The number of halogens is 1. The second kappa shape index (κ2) is 7.53. The number of hydrogen-bond acceptors (Lipinski definition) is 4. The van der Waals surface area contributed by atoms with Crippen LogP contribution in [0.25, 0.3) is 0 Å². The molecule has 1 aliphatic heterocycles. The summed E-state index contributed by atoms with van der Waals surface area (Å²) >= 11 is 0. The van der Waals surface area contributed by atoms with Crippen molar-refractivity contribution in [3.05, 3.63) is 53.3 Å². The van der Waals surface area contributed by atoms with Crippen molar-refractivity contribution >= 4 is 11.6 Å². The van der Waals surface area contributed by atoms with Crippen molar-refractivity contribution in [1.29, 1.82) is 0 Å². The van der Waals surface area contributed by atoms with Crippen molar-refractivity contribution in [3.63, 3.8) is 0 Å². The van der Waals surface area contributed by atoms with E-state index >= 15 is 0 Å². The maximum atomic E-state index is 13.8. The van der Waals surface area contributed by atoms with Crippen molar-refractivity contribution in [3.8, 4) is 11.5 Å². The van der Waals surface area contributed by atoms with Crippen LogP contribution < -0.4 is 14.8 Å². The summed E-state index contributed by atoms with van der Waals surface area (Å²) in [7, 11) is 0. The molecule has 0 aromatic heterocycles. The Hall–Kier alpha value is -2.60. The van der Waals surface area contributed by atoms with Crippen molar-refractivity contribution < 1.29 is 23.8 Å². The molecule has 0 saturated heterocycles. The highest BCUT2D eigenvalue weighted by atomic mass is 19.1. The van der Waals surface area contributed by atoms with Crippen LogP contribution in [0.15, 0.2) is 36.4 Å². The summed E-state index contributed by atoms with van der Waals surface area (Å²) in [6, 6.07) is 9.03. The summed E-state index contributed by atoms with van der Waals surface area (Å²) in [4.78, 5) is 12.4. The van der Waals surface area contributed by atoms with E-state index in [1.54, 1.807) is 18.2 Å². The third-order valence-electron chi connectivity index (χ3n) is 4.00. The lowest BCUT2D eigenvalue weighted by atomic mass is 10.0. The molecule has 0 fully saturated rings. The summed E-state index contributed by atoms with van der Waals surface area (Å²) < 4.78 is 24.9. The molecule has 132 valence electrons. The molecule has 6 heteroatoms. The minimum absolute atomic E-state index is 0.0617. The molecule has 3 rings (SSSR count). The first-order valence-electron chi connectivity index (χ1n) is 8.27. The Bertz CT molecular complexity index is 778. The number of ether oxygens (including phenoxy) is 2. The zero-order valence-electron chi connectivity index (χ0n) is 13.9. The van der Waals surface area contributed by atoms with E-state index in [9.17, 15) is 14.3 Å². The molecule has 0 unspecified atom stereocenters. The van der Waals surface area contributed by atoms with E-state index in [1.165, 1.54) is 18.2 Å². The van der Waals surface area contributed by atoms with E-state index in [0.717, 1.165) is 6.42 Å². The van der Waals surface area contributed by atoms with Crippen LogP contribution in [0.5, 0.6) is 11.5 Å². The Morgan fingerprint density at radius 3 is 2.60 bits per heavy atom. The molecular weight excluding hydrogens is 325 g/mol. The molecule has 1 amide bonds. The first kappa shape index (κ1) is 17.2. The summed E-state index contributed by atoms with van der Waals surface area (Å²) in [5.74, 6) is -0.171. The van der Waals surface area contributed by atoms with E-state index in [1.807, 2.05) is 6.92 Å². The van der Waals surface area contributed by atoms with E-state index in [2.05, 4.69) is 5.32 Å². The number of anilines is 1. The fraction of sp³-hybridized carbons (Fsp3) is 0.316. The number of hydrogen-bond donors (Lipinski definition) is 2. The molecule has 0 aliphatic carbocycles. The number of nitrogens with one attached hydrogen (secondary N) is 1. The molecule has 25 heavy (non-hydrogen) atoms. The van der Waals surface area contributed by atoms with Crippen molar-refractivity contribution in [2.75, 3.05) is 18.5 Å². The molecule has 2 aromatic carbocycles. The fourth-order valence-corrected chi connectivity index (χ4v) is 2.75. The quantitative estimate of drug-likeness (QED) is 0.867. The molecule has 1 atom stereocenters. The van der Waals surface area contributed by atoms with Gasteiger partial charge in [0, 0.05) is 11.6 Å². The molecule has 2 aromatic rings. The van der Waals surface area contributed by atoms with Crippen LogP contribution >= 0.6 is 0 Å². The topological polar surface area (TPSA) is 67.8 Å². The van der Waals surface area contributed by atoms with Crippen LogP contribution in [0.3, 0.4) is 0 Å². The third kappa shape index (κ3) is 3.74. The average molecular weight is 345 g/mol. The second-order valence-corrected chi connectivity index (χ2v) is 5.82. The van der Waals surface area contributed by atoms with Gasteiger partial charge in [0.1, 0.15) is 19.0 Å². The number of fused-ring (bicyclic) bond motifs is 1. The highest BCUT2D eigenvalue weighted by molar-refractivity contribution is 6.05. The minimum atomic E-state index is -0.767. The van der Waals surface area contributed by atoms with Gasteiger partial charge in [-0.2, -0.15) is 0 Å². The average Bonchev–Trinajstić information content (AvgIpc) is 2.61. The lowest BCUT2D eigenvalue weighted by Gasteiger charge is -2.23. The molecule has 0 spiro atoms. The molecule has 2 N–H and O–H groups in total. The highest BCUT2D eigenvalue weighted by Crippen LogP contribution is 2.39. The normalized spacial score (nSPS) is 14.0. The van der Waals surface area contributed by atoms with Gasteiger partial charge >= 0.3 is 0 Å². The number of aliphatic hydroxyl groups excluding tert-OH is 1. The number of amides is 1. The predicted molar refractivity (Wildman–Crippen MR) is 91.7 cm³/mol. The van der Waals surface area contributed by atoms with Crippen LogP contribution in [0, 0.1) is 5.82 Å². The van der Waals surface area contributed by atoms with Gasteiger partial charge in [-0.3, -0.25) is 4.79 Å². The van der Waals surface area contributed by atoms with E-state index < -0.39 is 17.8 Å².